The van der Waals surface area contributed by atoms with E-state index in [1.54, 1.807) is 66.7 Å². The summed E-state index contributed by atoms with van der Waals surface area (Å²) in [6.45, 7) is 0. The van der Waals surface area contributed by atoms with Crippen LogP contribution in [0.25, 0.3) is 0 Å². The minimum absolute atomic E-state index is 0.0167. The molecule has 0 bridgehead atoms. The van der Waals surface area contributed by atoms with E-state index >= 15 is 0 Å². The Kier molecular flexibility index (Phi) is 5.35. The van der Waals surface area contributed by atoms with Crippen molar-refractivity contribution in [2.24, 2.45) is 0 Å². The fourth-order valence-corrected chi connectivity index (χ4v) is 1.95. The topological polar surface area (TPSA) is 88.7 Å². The Morgan fingerprint density at radius 2 is 1.57 bits per heavy atom. The molecule has 2 rings (SSSR count). The molecule has 0 heterocycles. The lowest BCUT2D eigenvalue weighted by Crippen LogP contribution is -2.28. The second kappa shape index (κ2) is 7.65. The molecule has 112 valence electrons. The minimum Gasteiger partial charge on any atom is -0.339 e. The Labute approximate surface area is 138 Å². The summed E-state index contributed by atoms with van der Waals surface area (Å²) >= 11 is 6.05. The number of nitriles is 2. The Balaban J connectivity index is 2.32. The molecule has 23 heavy (non-hydrogen) atoms. The van der Waals surface area contributed by atoms with Gasteiger partial charge < -0.3 is 10.6 Å². The number of anilines is 1. The van der Waals surface area contributed by atoms with Crippen LogP contribution in [0.3, 0.4) is 0 Å². The van der Waals surface area contributed by atoms with Gasteiger partial charge in [-0.15, -0.1) is 0 Å². The molecule has 6 heteroatoms. The van der Waals surface area contributed by atoms with Crippen LogP contribution >= 0.6 is 11.6 Å². The van der Waals surface area contributed by atoms with E-state index in [0.29, 0.717) is 16.3 Å². The first-order chi connectivity index (χ1) is 11.2. The highest BCUT2D eigenvalue weighted by molar-refractivity contribution is 6.33. The van der Waals surface area contributed by atoms with E-state index < -0.39 is 5.91 Å². The average molecular weight is 323 g/mol. The number of halogens is 1. The van der Waals surface area contributed by atoms with Gasteiger partial charge in [-0.25, -0.2) is 0 Å². The van der Waals surface area contributed by atoms with E-state index in [4.69, 9.17) is 22.1 Å². The molecule has 0 aliphatic heterocycles. The number of para-hydroxylation sites is 1. The summed E-state index contributed by atoms with van der Waals surface area (Å²) in [5, 5.41) is 23.9. The quantitative estimate of drug-likeness (QED) is 0.844. The molecule has 0 spiro atoms. The van der Waals surface area contributed by atoms with Gasteiger partial charge in [0.2, 0.25) is 0 Å². The second-order valence-corrected chi connectivity index (χ2v) is 4.81. The molecule has 1 amide bonds. The van der Waals surface area contributed by atoms with Gasteiger partial charge in [0.05, 0.1) is 10.7 Å². The fraction of sp³-hybridized carbons (Fsp3) is 0. The van der Waals surface area contributed by atoms with Crippen molar-refractivity contribution in [3.8, 4) is 12.1 Å². The molecular formula is C17H11ClN4O. The van der Waals surface area contributed by atoms with E-state index in [1.165, 1.54) is 0 Å². The van der Waals surface area contributed by atoms with Gasteiger partial charge in [-0.2, -0.15) is 10.5 Å². The number of allylic oxidation sites excluding steroid dienone is 1. The normalized spacial score (nSPS) is 9.17. The van der Waals surface area contributed by atoms with Crippen molar-refractivity contribution in [3.63, 3.8) is 0 Å². The van der Waals surface area contributed by atoms with Gasteiger partial charge in [0.15, 0.2) is 5.57 Å². The van der Waals surface area contributed by atoms with Gasteiger partial charge >= 0.3 is 0 Å². The number of amides is 1. The van der Waals surface area contributed by atoms with Gasteiger partial charge in [0.25, 0.3) is 5.91 Å². The van der Waals surface area contributed by atoms with E-state index in [1.807, 2.05) is 0 Å². The molecule has 0 aliphatic carbocycles. The molecule has 0 aliphatic rings. The number of nitrogens with one attached hydrogen (secondary N) is 2. The molecule has 0 saturated heterocycles. The second-order valence-electron chi connectivity index (χ2n) is 4.40. The highest BCUT2D eigenvalue weighted by Gasteiger charge is 2.13. The molecule has 0 aromatic heterocycles. The van der Waals surface area contributed by atoms with Crippen LogP contribution in [0.5, 0.6) is 0 Å². The molecule has 5 nitrogen and oxygen atoms in total. The van der Waals surface area contributed by atoms with Crippen molar-refractivity contribution in [3.05, 3.63) is 76.6 Å². The van der Waals surface area contributed by atoms with Crippen molar-refractivity contribution in [2.45, 2.75) is 0 Å². The number of hydrogen-bond acceptors (Lipinski definition) is 4. The number of hydrogen-bond donors (Lipinski definition) is 2. The molecule has 0 atom stereocenters. The van der Waals surface area contributed by atoms with Crippen molar-refractivity contribution in [2.75, 3.05) is 5.32 Å². The third-order valence-corrected chi connectivity index (χ3v) is 3.21. The fourth-order valence-electron chi connectivity index (χ4n) is 1.77. The largest absolute Gasteiger partial charge is 0.339 e. The van der Waals surface area contributed by atoms with E-state index in [9.17, 15) is 4.79 Å². The van der Waals surface area contributed by atoms with Crippen LogP contribution in [0.2, 0.25) is 5.02 Å². The third-order valence-electron chi connectivity index (χ3n) is 2.88. The standard InChI is InChI=1S/C17H11ClN4O/c18-14-8-4-5-9-15(14)21-16(13(10-19)11-20)22-17(23)12-6-2-1-3-7-12/h1-9,21H,(H,22,23). The zero-order valence-electron chi connectivity index (χ0n) is 11.9. The van der Waals surface area contributed by atoms with Crippen LogP contribution in [-0.2, 0) is 0 Å². The predicted octanol–water partition coefficient (Wildman–Crippen LogP) is 3.44. The average Bonchev–Trinajstić information content (AvgIpc) is 2.58. The molecule has 2 aromatic carbocycles. The van der Waals surface area contributed by atoms with Crippen molar-refractivity contribution >= 4 is 23.2 Å². The summed E-state index contributed by atoms with van der Waals surface area (Å²) in [6.07, 6.45) is 0. The summed E-state index contributed by atoms with van der Waals surface area (Å²) in [6, 6.07) is 18.8. The molecular weight excluding hydrogens is 312 g/mol. The lowest BCUT2D eigenvalue weighted by molar-refractivity contribution is 0.0966. The van der Waals surface area contributed by atoms with E-state index in [0.717, 1.165) is 0 Å². The molecule has 2 aromatic rings. The lowest BCUT2D eigenvalue weighted by atomic mass is 10.2. The summed E-state index contributed by atoms with van der Waals surface area (Å²) in [5.41, 5.74) is 0.621. The minimum atomic E-state index is -0.442. The lowest BCUT2D eigenvalue weighted by Gasteiger charge is -2.13. The van der Waals surface area contributed by atoms with Crippen molar-refractivity contribution < 1.29 is 4.79 Å². The Hall–Kier alpha value is -3.28. The summed E-state index contributed by atoms with van der Waals surface area (Å²) in [7, 11) is 0. The smallest absolute Gasteiger partial charge is 0.256 e. The first-order valence-corrected chi connectivity index (χ1v) is 6.96. The maximum atomic E-state index is 12.2. The van der Waals surface area contributed by atoms with Crippen LogP contribution in [0.4, 0.5) is 5.69 Å². The van der Waals surface area contributed by atoms with Gasteiger partial charge in [-0.3, -0.25) is 4.79 Å². The van der Waals surface area contributed by atoms with Crippen LogP contribution in [0.1, 0.15) is 10.4 Å². The number of nitrogens with zero attached hydrogens (tertiary/aromatic N) is 2. The van der Waals surface area contributed by atoms with Gasteiger partial charge in [-0.05, 0) is 24.3 Å². The third kappa shape index (κ3) is 4.10. The maximum Gasteiger partial charge on any atom is 0.256 e. The Morgan fingerprint density at radius 1 is 0.957 bits per heavy atom. The number of benzene rings is 2. The molecule has 0 unspecified atom stereocenters. The SMILES string of the molecule is N#CC(C#N)=C(NC(=O)c1ccccc1)Nc1ccccc1Cl. The predicted molar refractivity (Wildman–Crippen MR) is 87.2 cm³/mol. The highest BCUT2D eigenvalue weighted by Crippen LogP contribution is 2.22. The van der Waals surface area contributed by atoms with Crippen molar-refractivity contribution in [1.82, 2.24) is 5.32 Å². The molecule has 0 saturated carbocycles. The molecule has 2 N–H and O–H groups in total. The Morgan fingerprint density at radius 3 is 2.17 bits per heavy atom. The summed E-state index contributed by atoms with van der Waals surface area (Å²) < 4.78 is 0. The van der Waals surface area contributed by atoms with E-state index in [2.05, 4.69) is 10.6 Å². The first kappa shape index (κ1) is 16.1. The zero-order valence-corrected chi connectivity index (χ0v) is 12.6. The Bertz CT molecular complexity index is 816. The first-order valence-electron chi connectivity index (χ1n) is 6.58. The molecule has 0 fully saturated rings. The van der Waals surface area contributed by atoms with Crippen molar-refractivity contribution in [1.29, 1.82) is 10.5 Å². The van der Waals surface area contributed by atoms with Gasteiger partial charge in [0, 0.05) is 5.56 Å². The zero-order chi connectivity index (χ0) is 16.7. The van der Waals surface area contributed by atoms with Crippen LogP contribution in [0, 0.1) is 22.7 Å². The monoisotopic (exact) mass is 322 g/mol. The van der Waals surface area contributed by atoms with Crippen LogP contribution < -0.4 is 10.6 Å². The van der Waals surface area contributed by atoms with Gasteiger partial charge in [-0.1, -0.05) is 41.9 Å². The van der Waals surface area contributed by atoms with Gasteiger partial charge in [0.1, 0.15) is 18.0 Å². The van der Waals surface area contributed by atoms with Crippen LogP contribution in [-0.4, -0.2) is 5.91 Å². The maximum absolute atomic E-state index is 12.2. The number of rotatable bonds is 4. The summed E-state index contributed by atoms with van der Waals surface area (Å²) in [5.74, 6) is -0.458. The van der Waals surface area contributed by atoms with Crippen LogP contribution in [0.15, 0.2) is 66.0 Å². The summed E-state index contributed by atoms with van der Waals surface area (Å²) in [4.78, 5) is 12.2. The number of carbonyl (C=O) groups is 1. The highest BCUT2D eigenvalue weighted by atomic mass is 35.5. The van der Waals surface area contributed by atoms with E-state index in [-0.39, 0.29) is 11.4 Å². The number of carbonyl (C=O) groups excluding carboxylic acids is 1. The molecule has 0 radical (unpaired) electrons.